The van der Waals surface area contributed by atoms with Crippen molar-refractivity contribution in [3.05, 3.63) is 35.4 Å². The Hall–Kier alpha value is -1.77. The molecule has 3 N–H and O–H groups in total. The van der Waals surface area contributed by atoms with Gasteiger partial charge in [-0.3, -0.25) is 4.79 Å². The molecule has 0 fully saturated rings. The molecule has 0 aliphatic heterocycles. The highest BCUT2D eigenvalue weighted by Crippen LogP contribution is 2.50. The van der Waals surface area contributed by atoms with Gasteiger partial charge in [0.25, 0.3) is 5.60 Å². The lowest BCUT2D eigenvalue weighted by molar-refractivity contribution is -0.376. The lowest BCUT2D eigenvalue weighted by atomic mass is 9.88. The summed E-state index contributed by atoms with van der Waals surface area (Å²) in [5.41, 5.74) is -3.15. The van der Waals surface area contributed by atoms with Crippen LogP contribution in [0.25, 0.3) is 0 Å². The fourth-order valence-electron chi connectivity index (χ4n) is 1.48. The highest BCUT2D eigenvalue weighted by molar-refractivity contribution is 5.94. The van der Waals surface area contributed by atoms with Gasteiger partial charge < -0.3 is 10.8 Å². The van der Waals surface area contributed by atoms with Gasteiger partial charge in [0.2, 0.25) is 5.91 Å². The molecule has 3 nitrogen and oxygen atoms in total. The van der Waals surface area contributed by atoms with Gasteiger partial charge >= 0.3 is 12.4 Å². The summed E-state index contributed by atoms with van der Waals surface area (Å²) in [7, 11) is 0. The molecule has 0 atom stereocenters. The van der Waals surface area contributed by atoms with E-state index in [1.165, 1.54) is 0 Å². The maximum absolute atomic E-state index is 12.6. The number of primary amides is 1. The number of carbonyl (C=O) groups excluding carboxylic acids is 1. The zero-order valence-corrected chi connectivity index (χ0v) is 9.01. The van der Waals surface area contributed by atoms with E-state index in [-0.39, 0.29) is 0 Å². The van der Waals surface area contributed by atoms with E-state index in [0.29, 0.717) is 12.1 Å². The molecule has 0 radical (unpaired) electrons. The van der Waals surface area contributed by atoms with E-state index in [0.717, 1.165) is 12.1 Å². The van der Waals surface area contributed by atoms with Gasteiger partial charge in [0.15, 0.2) is 0 Å². The molecule has 1 aromatic carbocycles. The largest absolute Gasteiger partial charge is 0.430 e. The van der Waals surface area contributed by atoms with Crippen LogP contribution < -0.4 is 5.73 Å². The van der Waals surface area contributed by atoms with E-state index in [4.69, 9.17) is 10.8 Å². The third-order valence-electron chi connectivity index (χ3n) is 2.40. The number of halogens is 6. The molecule has 1 rings (SSSR count). The third-order valence-corrected chi connectivity index (χ3v) is 2.40. The standard InChI is InChI=1S/C10H7F6NO2/c11-9(12,13)8(19,10(14,15)16)6-4-2-1-3-5(6)7(17)18/h1-4,19H,(H2,17,18). The van der Waals surface area contributed by atoms with Crippen LogP contribution in [0.15, 0.2) is 24.3 Å². The molecular weight excluding hydrogens is 280 g/mol. The maximum atomic E-state index is 12.6. The summed E-state index contributed by atoms with van der Waals surface area (Å²) >= 11 is 0. The molecule has 0 saturated heterocycles. The Balaban J connectivity index is 3.67. The minimum atomic E-state index is -6.06. The molecule has 19 heavy (non-hydrogen) atoms. The Morgan fingerprint density at radius 2 is 1.42 bits per heavy atom. The summed E-state index contributed by atoms with van der Waals surface area (Å²) in [6.07, 6.45) is -12.1. The topological polar surface area (TPSA) is 63.3 Å². The summed E-state index contributed by atoms with van der Waals surface area (Å²) in [5, 5.41) is 9.13. The average Bonchev–Trinajstić information content (AvgIpc) is 2.24. The van der Waals surface area contributed by atoms with Crippen LogP contribution in [0.1, 0.15) is 15.9 Å². The van der Waals surface area contributed by atoms with E-state index < -0.39 is 35.0 Å². The molecule has 106 valence electrons. The van der Waals surface area contributed by atoms with Crippen molar-refractivity contribution in [3.63, 3.8) is 0 Å². The van der Waals surface area contributed by atoms with Crippen molar-refractivity contribution in [2.24, 2.45) is 5.73 Å². The molecule has 0 aliphatic carbocycles. The molecule has 9 heteroatoms. The fraction of sp³-hybridized carbons (Fsp3) is 0.300. The highest BCUT2D eigenvalue weighted by atomic mass is 19.4. The van der Waals surface area contributed by atoms with Crippen LogP contribution in [0.2, 0.25) is 0 Å². The van der Waals surface area contributed by atoms with Gasteiger partial charge in [-0.2, -0.15) is 26.3 Å². The first-order valence-electron chi connectivity index (χ1n) is 4.68. The Labute approximate surface area is 102 Å². The predicted octanol–water partition coefficient (Wildman–Crippen LogP) is 2.10. The molecule has 0 heterocycles. The molecular formula is C10H7F6NO2. The number of alkyl halides is 6. The number of rotatable bonds is 2. The highest BCUT2D eigenvalue weighted by Gasteiger charge is 2.72. The Morgan fingerprint density at radius 3 is 1.79 bits per heavy atom. The van der Waals surface area contributed by atoms with E-state index >= 15 is 0 Å². The molecule has 0 saturated carbocycles. The number of carbonyl (C=O) groups is 1. The molecule has 0 unspecified atom stereocenters. The first-order chi connectivity index (χ1) is 8.43. The van der Waals surface area contributed by atoms with Gasteiger partial charge in [-0.25, -0.2) is 0 Å². The summed E-state index contributed by atoms with van der Waals surface area (Å²) < 4.78 is 75.6. The van der Waals surface area contributed by atoms with Crippen molar-refractivity contribution < 1.29 is 36.2 Å². The van der Waals surface area contributed by atoms with Crippen LogP contribution in [0.5, 0.6) is 0 Å². The summed E-state index contributed by atoms with van der Waals surface area (Å²) in [6, 6.07) is 2.86. The minimum Gasteiger partial charge on any atom is -0.369 e. The number of hydrogen-bond acceptors (Lipinski definition) is 2. The van der Waals surface area contributed by atoms with E-state index in [1.54, 1.807) is 0 Å². The molecule has 1 aromatic rings. The van der Waals surface area contributed by atoms with Crippen molar-refractivity contribution in [2.75, 3.05) is 0 Å². The van der Waals surface area contributed by atoms with Crippen LogP contribution in [0.4, 0.5) is 26.3 Å². The van der Waals surface area contributed by atoms with E-state index in [1.807, 2.05) is 0 Å². The minimum absolute atomic E-state index is 0.348. The van der Waals surface area contributed by atoms with Gasteiger partial charge in [-0.1, -0.05) is 18.2 Å². The van der Waals surface area contributed by atoms with Gasteiger partial charge in [-0.05, 0) is 6.07 Å². The smallest absolute Gasteiger partial charge is 0.369 e. The zero-order chi connectivity index (χ0) is 15.1. The molecule has 0 aromatic heterocycles. The van der Waals surface area contributed by atoms with Crippen molar-refractivity contribution >= 4 is 5.91 Å². The number of hydrogen-bond donors (Lipinski definition) is 2. The van der Waals surface area contributed by atoms with Crippen molar-refractivity contribution in [3.8, 4) is 0 Å². The van der Waals surface area contributed by atoms with Crippen LogP contribution >= 0.6 is 0 Å². The Morgan fingerprint density at radius 1 is 1.00 bits per heavy atom. The van der Waals surface area contributed by atoms with Gasteiger partial charge in [0, 0.05) is 11.1 Å². The summed E-state index contributed by atoms with van der Waals surface area (Å²) in [6.45, 7) is 0. The first-order valence-corrected chi connectivity index (χ1v) is 4.68. The molecule has 0 spiro atoms. The zero-order valence-electron chi connectivity index (χ0n) is 9.01. The number of benzene rings is 1. The van der Waals surface area contributed by atoms with Crippen LogP contribution in [0, 0.1) is 0 Å². The number of nitrogens with two attached hydrogens (primary N) is 1. The van der Waals surface area contributed by atoms with Crippen molar-refractivity contribution in [1.29, 1.82) is 0 Å². The van der Waals surface area contributed by atoms with Crippen molar-refractivity contribution in [1.82, 2.24) is 0 Å². The van der Waals surface area contributed by atoms with Gasteiger partial charge in [0.1, 0.15) is 0 Å². The summed E-state index contributed by atoms with van der Waals surface area (Å²) in [5.74, 6) is -1.51. The van der Waals surface area contributed by atoms with E-state index in [2.05, 4.69) is 0 Å². The molecule has 0 bridgehead atoms. The quantitative estimate of drug-likeness (QED) is 0.818. The normalized spacial score (nSPS) is 13.4. The monoisotopic (exact) mass is 287 g/mol. The second-order valence-corrected chi connectivity index (χ2v) is 3.62. The van der Waals surface area contributed by atoms with E-state index in [9.17, 15) is 31.1 Å². The number of amides is 1. The Kier molecular flexibility index (Phi) is 3.55. The second-order valence-electron chi connectivity index (χ2n) is 3.62. The summed E-state index contributed by atoms with van der Waals surface area (Å²) in [4.78, 5) is 10.9. The predicted molar refractivity (Wildman–Crippen MR) is 51.0 cm³/mol. The molecule has 0 aliphatic rings. The van der Waals surface area contributed by atoms with Crippen LogP contribution in [0.3, 0.4) is 0 Å². The van der Waals surface area contributed by atoms with Gasteiger partial charge in [0.05, 0.1) is 0 Å². The van der Waals surface area contributed by atoms with Crippen LogP contribution in [-0.2, 0) is 5.60 Å². The van der Waals surface area contributed by atoms with Gasteiger partial charge in [-0.15, -0.1) is 0 Å². The lowest BCUT2D eigenvalue weighted by Crippen LogP contribution is -2.54. The second kappa shape index (κ2) is 4.41. The first kappa shape index (κ1) is 15.3. The molecule has 1 amide bonds. The van der Waals surface area contributed by atoms with Crippen molar-refractivity contribution in [2.45, 2.75) is 18.0 Å². The van der Waals surface area contributed by atoms with Crippen LogP contribution in [-0.4, -0.2) is 23.4 Å². The Bertz CT molecular complexity index is 480. The third kappa shape index (κ3) is 2.37. The SMILES string of the molecule is NC(=O)c1ccccc1C(O)(C(F)(F)F)C(F)(F)F. The average molecular weight is 287 g/mol. The maximum Gasteiger partial charge on any atom is 0.430 e. The lowest BCUT2D eigenvalue weighted by Gasteiger charge is -2.33. The fourth-order valence-corrected chi connectivity index (χ4v) is 1.48. The number of aliphatic hydroxyl groups is 1.